The third-order valence-corrected chi connectivity index (χ3v) is 3.30. The van der Waals surface area contributed by atoms with Crippen LogP contribution in [-0.2, 0) is 17.9 Å². The van der Waals surface area contributed by atoms with Crippen molar-refractivity contribution in [2.45, 2.75) is 26.9 Å². The van der Waals surface area contributed by atoms with Gasteiger partial charge in [-0.15, -0.1) is 0 Å². The standard InChI is InChI=1S/C14H17N5O3/c1-10-11(2)17-9-18(14(10)22)6-5-16-12(20)7-19-8-15-4-3-13(19)21/h3-4,8-9H,5-7H2,1-2H3,(H,16,20). The Morgan fingerprint density at radius 1 is 1.23 bits per heavy atom. The summed E-state index contributed by atoms with van der Waals surface area (Å²) in [6.07, 6.45) is 4.14. The van der Waals surface area contributed by atoms with Crippen molar-refractivity contribution in [1.82, 2.24) is 24.4 Å². The molecule has 0 unspecified atom stereocenters. The predicted octanol–water partition coefficient (Wildman–Crippen LogP) is -0.767. The summed E-state index contributed by atoms with van der Waals surface area (Å²) in [5.41, 5.74) is 0.877. The number of carbonyl (C=O) groups is 1. The summed E-state index contributed by atoms with van der Waals surface area (Å²) >= 11 is 0. The van der Waals surface area contributed by atoms with Gasteiger partial charge in [-0.25, -0.2) is 9.97 Å². The smallest absolute Gasteiger partial charge is 0.256 e. The molecule has 1 amide bonds. The van der Waals surface area contributed by atoms with Crippen LogP contribution >= 0.6 is 0 Å². The molecule has 0 bridgehead atoms. The van der Waals surface area contributed by atoms with Gasteiger partial charge in [-0.2, -0.15) is 0 Å². The highest BCUT2D eigenvalue weighted by Crippen LogP contribution is 1.94. The molecular formula is C14H17N5O3. The molecule has 0 aliphatic rings. The number of nitrogens with one attached hydrogen (secondary N) is 1. The van der Waals surface area contributed by atoms with Crippen molar-refractivity contribution in [2.75, 3.05) is 6.54 Å². The third-order valence-electron chi connectivity index (χ3n) is 3.30. The number of hydrogen-bond donors (Lipinski definition) is 1. The molecule has 0 fully saturated rings. The molecule has 0 saturated carbocycles. The lowest BCUT2D eigenvalue weighted by Gasteiger charge is -2.09. The summed E-state index contributed by atoms with van der Waals surface area (Å²) in [7, 11) is 0. The van der Waals surface area contributed by atoms with Gasteiger partial charge in [0.15, 0.2) is 0 Å². The van der Waals surface area contributed by atoms with Crippen molar-refractivity contribution in [3.63, 3.8) is 0 Å². The Morgan fingerprint density at radius 2 is 2.00 bits per heavy atom. The van der Waals surface area contributed by atoms with Crippen LogP contribution in [0.3, 0.4) is 0 Å². The second kappa shape index (κ2) is 6.79. The SMILES string of the molecule is Cc1ncn(CCNC(=O)Cn2cnccc2=O)c(=O)c1C. The van der Waals surface area contributed by atoms with Crippen molar-refractivity contribution >= 4 is 5.91 Å². The zero-order valence-corrected chi connectivity index (χ0v) is 12.4. The van der Waals surface area contributed by atoms with Gasteiger partial charge in [0.25, 0.3) is 11.1 Å². The van der Waals surface area contributed by atoms with Gasteiger partial charge in [0.05, 0.1) is 12.7 Å². The van der Waals surface area contributed by atoms with E-state index in [0.717, 1.165) is 0 Å². The summed E-state index contributed by atoms with van der Waals surface area (Å²) in [5, 5.41) is 2.65. The van der Waals surface area contributed by atoms with Crippen LogP contribution in [0.4, 0.5) is 0 Å². The first-order chi connectivity index (χ1) is 10.5. The van der Waals surface area contributed by atoms with Crippen molar-refractivity contribution < 1.29 is 4.79 Å². The van der Waals surface area contributed by atoms with Crippen LogP contribution in [0.5, 0.6) is 0 Å². The van der Waals surface area contributed by atoms with Gasteiger partial charge < -0.3 is 5.32 Å². The van der Waals surface area contributed by atoms with Gasteiger partial charge in [0.1, 0.15) is 6.54 Å². The minimum Gasteiger partial charge on any atom is -0.353 e. The quantitative estimate of drug-likeness (QED) is 0.782. The van der Waals surface area contributed by atoms with Crippen molar-refractivity contribution in [2.24, 2.45) is 0 Å². The van der Waals surface area contributed by atoms with E-state index < -0.39 is 0 Å². The van der Waals surface area contributed by atoms with E-state index in [1.807, 2.05) is 0 Å². The molecule has 0 aromatic carbocycles. The van der Waals surface area contributed by atoms with E-state index in [1.54, 1.807) is 13.8 Å². The number of amides is 1. The van der Waals surface area contributed by atoms with Crippen LogP contribution in [0.1, 0.15) is 11.3 Å². The van der Waals surface area contributed by atoms with Crippen LogP contribution < -0.4 is 16.4 Å². The maximum Gasteiger partial charge on any atom is 0.256 e. The number of hydrogen-bond acceptors (Lipinski definition) is 5. The maximum absolute atomic E-state index is 12.0. The molecule has 2 aromatic heterocycles. The Morgan fingerprint density at radius 3 is 2.73 bits per heavy atom. The molecule has 0 atom stereocenters. The van der Waals surface area contributed by atoms with Gasteiger partial charge in [0, 0.05) is 36.6 Å². The zero-order chi connectivity index (χ0) is 16.1. The predicted molar refractivity (Wildman–Crippen MR) is 79.5 cm³/mol. The summed E-state index contributed by atoms with van der Waals surface area (Å²) in [4.78, 5) is 43.1. The highest BCUT2D eigenvalue weighted by atomic mass is 16.2. The van der Waals surface area contributed by atoms with E-state index in [0.29, 0.717) is 17.8 Å². The lowest BCUT2D eigenvalue weighted by molar-refractivity contribution is -0.121. The van der Waals surface area contributed by atoms with Crippen molar-refractivity contribution in [3.8, 4) is 0 Å². The van der Waals surface area contributed by atoms with E-state index >= 15 is 0 Å². The summed E-state index contributed by atoms with van der Waals surface area (Å²) in [5.74, 6) is -0.319. The summed E-state index contributed by atoms with van der Waals surface area (Å²) in [6, 6.07) is 1.29. The molecule has 0 aliphatic carbocycles. The van der Waals surface area contributed by atoms with E-state index in [2.05, 4.69) is 15.3 Å². The number of rotatable bonds is 5. The van der Waals surface area contributed by atoms with Gasteiger partial charge in [-0.05, 0) is 13.8 Å². The van der Waals surface area contributed by atoms with Crippen LogP contribution in [0.15, 0.2) is 34.5 Å². The molecule has 8 heteroatoms. The fourth-order valence-corrected chi connectivity index (χ4v) is 1.86. The summed E-state index contributed by atoms with van der Waals surface area (Å²) in [6.45, 7) is 3.98. The molecule has 2 heterocycles. The van der Waals surface area contributed by atoms with Gasteiger partial charge in [-0.1, -0.05) is 0 Å². The van der Waals surface area contributed by atoms with Gasteiger partial charge in [-0.3, -0.25) is 23.5 Å². The van der Waals surface area contributed by atoms with E-state index in [4.69, 9.17) is 0 Å². The third kappa shape index (κ3) is 3.66. The minimum atomic E-state index is -0.319. The Labute approximate surface area is 126 Å². The van der Waals surface area contributed by atoms with E-state index in [-0.39, 0.29) is 30.1 Å². The monoisotopic (exact) mass is 303 g/mol. The molecule has 116 valence electrons. The maximum atomic E-state index is 12.0. The molecule has 8 nitrogen and oxygen atoms in total. The highest BCUT2D eigenvalue weighted by Gasteiger charge is 2.06. The Bertz CT molecular complexity index is 794. The fraction of sp³-hybridized carbons (Fsp3) is 0.357. The second-order valence-corrected chi connectivity index (χ2v) is 4.85. The molecule has 1 N–H and O–H groups in total. The molecule has 22 heavy (non-hydrogen) atoms. The van der Waals surface area contributed by atoms with Crippen LogP contribution in [-0.4, -0.2) is 31.6 Å². The lowest BCUT2D eigenvalue weighted by atomic mass is 10.3. The molecule has 0 saturated heterocycles. The van der Waals surface area contributed by atoms with Crippen LogP contribution in [0.25, 0.3) is 0 Å². The van der Waals surface area contributed by atoms with E-state index in [1.165, 1.54) is 34.1 Å². The lowest BCUT2D eigenvalue weighted by Crippen LogP contribution is -2.35. The number of aryl methyl sites for hydroxylation is 1. The number of aromatic nitrogens is 4. The normalized spacial score (nSPS) is 10.5. The first-order valence-corrected chi connectivity index (χ1v) is 6.79. The first kappa shape index (κ1) is 15.6. The topological polar surface area (TPSA) is 98.9 Å². The van der Waals surface area contributed by atoms with Crippen molar-refractivity contribution in [1.29, 1.82) is 0 Å². The largest absolute Gasteiger partial charge is 0.353 e. The van der Waals surface area contributed by atoms with Crippen LogP contribution in [0.2, 0.25) is 0 Å². The highest BCUT2D eigenvalue weighted by molar-refractivity contribution is 5.75. The molecule has 2 rings (SSSR count). The summed E-state index contributed by atoms with van der Waals surface area (Å²) < 4.78 is 2.65. The van der Waals surface area contributed by atoms with E-state index in [9.17, 15) is 14.4 Å². The Hall–Kier alpha value is -2.77. The minimum absolute atomic E-state index is 0.104. The number of nitrogens with zero attached hydrogens (tertiary/aromatic N) is 4. The molecular weight excluding hydrogens is 286 g/mol. The Kier molecular flexibility index (Phi) is 4.82. The van der Waals surface area contributed by atoms with Crippen LogP contribution in [0, 0.1) is 13.8 Å². The van der Waals surface area contributed by atoms with Crippen molar-refractivity contribution in [3.05, 3.63) is 56.9 Å². The fourth-order valence-electron chi connectivity index (χ4n) is 1.86. The molecule has 0 spiro atoms. The molecule has 2 aromatic rings. The first-order valence-electron chi connectivity index (χ1n) is 6.79. The van der Waals surface area contributed by atoms with Gasteiger partial charge in [0.2, 0.25) is 5.91 Å². The van der Waals surface area contributed by atoms with Gasteiger partial charge >= 0.3 is 0 Å². The average Bonchev–Trinajstić information content (AvgIpc) is 2.50. The Balaban J connectivity index is 1.90. The number of carbonyl (C=O) groups excluding carboxylic acids is 1. The molecule has 0 radical (unpaired) electrons. The zero-order valence-electron chi connectivity index (χ0n) is 12.4. The second-order valence-electron chi connectivity index (χ2n) is 4.85. The molecule has 0 aliphatic heterocycles. The average molecular weight is 303 g/mol.